The molecule has 0 aromatic carbocycles. The number of ether oxygens (including phenoxy) is 1. The van der Waals surface area contributed by atoms with Crippen molar-refractivity contribution in [1.82, 2.24) is 15.0 Å². The molecule has 2 heterocycles. The second kappa shape index (κ2) is 8.44. The van der Waals surface area contributed by atoms with Gasteiger partial charge in [-0.1, -0.05) is 6.92 Å². The van der Waals surface area contributed by atoms with Gasteiger partial charge in [0, 0.05) is 43.1 Å². The molecule has 0 aliphatic heterocycles. The van der Waals surface area contributed by atoms with E-state index in [9.17, 15) is 19.0 Å². The molecule has 2 aliphatic carbocycles. The molecule has 2 aromatic heterocycles. The van der Waals surface area contributed by atoms with E-state index in [1.165, 1.54) is 6.92 Å². The van der Waals surface area contributed by atoms with Crippen LogP contribution < -0.4 is 4.74 Å². The molecule has 0 radical (unpaired) electrons. The maximum Gasteiger partial charge on any atom is 0.241 e. The summed E-state index contributed by atoms with van der Waals surface area (Å²) in [6.07, 6.45) is 4.63. The Bertz CT molecular complexity index is 852. The third-order valence-electron chi connectivity index (χ3n) is 6.08. The highest BCUT2D eigenvalue weighted by Crippen LogP contribution is 2.38. The van der Waals surface area contributed by atoms with E-state index in [0.29, 0.717) is 35.4 Å². The van der Waals surface area contributed by atoms with E-state index in [1.54, 1.807) is 12.4 Å². The van der Waals surface area contributed by atoms with Crippen LogP contribution in [0.15, 0.2) is 12.4 Å². The van der Waals surface area contributed by atoms with Gasteiger partial charge in [-0.05, 0) is 31.6 Å². The predicted molar refractivity (Wildman–Crippen MR) is 103 cm³/mol. The van der Waals surface area contributed by atoms with Gasteiger partial charge < -0.3 is 14.9 Å². The Hall–Kier alpha value is -1.93. The Morgan fingerprint density at radius 2 is 1.79 bits per heavy atom. The molecule has 2 saturated carbocycles. The number of nitrogens with zero attached hydrogens (tertiary/aromatic N) is 3. The highest BCUT2D eigenvalue weighted by atomic mass is 19.3. The van der Waals surface area contributed by atoms with Crippen molar-refractivity contribution in [3.8, 4) is 5.88 Å². The molecule has 0 bridgehead atoms. The number of pyridine rings is 1. The van der Waals surface area contributed by atoms with Gasteiger partial charge >= 0.3 is 0 Å². The molecule has 8 heteroatoms. The molecule has 0 unspecified atom stereocenters. The smallest absolute Gasteiger partial charge is 0.241 e. The summed E-state index contributed by atoms with van der Waals surface area (Å²) < 4.78 is 31.9. The van der Waals surface area contributed by atoms with Crippen molar-refractivity contribution < 1.29 is 23.7 Å². The fraction of sp³-hybridized carbons (Fsp3) is 0.667. The molecule has 0 spiro atoms. The van der Waals surface area contributed by atoms with Crippen molar-refractivity contribution in [3.63, 3.8) is 0 Å². The van der Waals surface area contributed by atoms with Crippen molar-refractivity contribution in [2.75, 3.05) is 0 Å². The zero-order valence-corrected chi connectivity index (χ0v) is 16.5. The topological polar surface area (TPSA) is 88.4 Å². The normalized spacial score (nSPS) is 28.3. The molecule has 2 fully saturated rings. The van der Waals surface area contributed by atoms with E-state index < -0.39 is 12.3 Å². The molecule has 2 aliphatic rings. The van der Waals surface area contributed by atoms with Crippen LogP contribution in [0, 0.1) is 5.92 Å². The second-order valence-corrected chi connectivity index (χ2v) is 8.45. The third-order valence-corrected chi connectivity index (χ3v) is 6.08. The quantitative estimate of drug-likeness (QED) is 0.763. The molecule has 2 aromatic rings. The molecular formula is C21H27F2N3O3. The van der Waals surface area contributed by atoms with Gasteiger partial charge in [-0.2, -0.15) is 0 Å². The van der Waals surface area contributed by atoms with Crippen LogP contribution >= 0.6 is 0 Å². The minimum absolute atomic E-state index is 0.0880. The first-order valence-corrected chi connectivity index (χ1v) is 10.4. The molecule has 0 saturated heterocycles. The number of halogens is 2. The summed E-state index contributed by atoms with van der Waals surface area (Å²) in [5, 5.41) is 20.0. The first-order chi connectivity index (χ1) is 13.9. The maximum absolute atomic E-state index is 13.0. The average molecular weight is 407 g/mol. The number of alkyl halides is 2. The molecule has 4 rings (SSSR count). The summed E-state index contributed by atoms with van der Waals surface area (Å²) >= 11 is 0. The summed E-state index contributed by atoms with van der Waals surface area (Å²) in [5.74, 6) is 0.196. The zero-order valence-electron chi connectivity index (χ0n) is 16.5. The van der Waals surface area contributed by atoms with Crippen LogP contribution in [-0.2, 0) is 6.42 Å². The fourth-order valence-electron chi connectivity index (χ4n) is 4.10. The Morgan fingerprint density at radius 1 is 1.07 bits per heavy atom. The van der Waals surface area contributed by atoms with Gasteiger partial charge in [-0.25, -0.2) is 23.7 Å². The van der Waals surface area contributed by atoms with Gasteiger partial charge in [0.15, 0.2) is 0 Å². The summed E-state index contributed by atoms with van der Waals surface area (Å²) in [6, 6.07) is 0. The van der Waals surface area contributed by atoms with Crippen LogP contribution in [-0.4, -0.2) is 49.9 Å². The van der Waals surface area contributed by atoms with Crippen molar-refractivity contribution >= 4 is 10.9 Å². The van der Waals surface area contributed by atoms with Gasteiger partial charge in [0.2, 0.25) is 12.3 Å². The summed E-state index contributed by atoms with van der Waals surface area (Å²) in [7, 11) is 0. The molecule has 29 heavy (non-hydrogen) atoms. The van der Waals surface area contributed by atoms with Crippen molar-refractivity contribution in [2.24, 2.45) is 5.92 Å². The lowest BCUT2D eigenvalue weighted by molar-refractivity contribution is -0.0120. The van der Waals surface area contributed by atoms with Crippen molar-refractivity contribution in [3.05, 3.63) is 23.8 Å². The molecule has 1 atom stereocenters. The van der Waals surface area contributed by atoms with Crippen LogP contribution in [0.3, 0.4) is 0 Å². The number of aliphatic hydroxyl groups is 2. The maximum atomic E-state index is 13.0. The lowest BCUT2D eigenvalue weighted by Gasteiger charge is -2.31. The Labute approximate surface area is 168 Å². The standard InChI is InChI=1S/C21H27F2N3O3/c1-11(20(22)23)6-18-24-10-17-19(26-18)16(12-2-4-13(27)5-3-12)9-25-21(17)29-15-7-14(28)8-15/h9-15,20,27-28H,2-8H2,1H3/t11-,12?,13?,14?,15?/m1/s1. The van der Waals surface area contributed by atoms with Crippen LogP contribution in [0.5, 0.6) is 5.88 Å². The van der Waals surface area contributed by atoms with E-state index >= 15 is 0 Å². The first kappa shape index (κ1) is 20.3. The minimum atomic E-state index is -2.42. The van der Waals surface area contributed by atoms with Gasteiger partial charge in [0.1, 0.15) is 11.9 Å². The number of aromatic nitrogens is 3. The SMILES string of the molecule is C[C@H](Cc1ncc2c(OC3CC(O)C3)ncc(C3CCC(O)CC3)c2n1)C(F)F. The van der Waals surface area contributed by atoms with E-state index in [-0.39, 0.29) is 30.7 Å². The minimum Gasteiger partial charge on any atom is -0.474 e. The zero-order chi connectivity index (χ0) is 20.5. The number of rotatable bonds is 6. The number of hydrogen-bond acceptors (Lipinski definition) is 6. The Kier molecular flexibility index (Phi) is 5.92. The van der Waals surface area contributed by atoms with E-state index in [2.05, 4.69) is 15.0 Å². The van der Waals surface area contributed by atoms with Crippen molar-refractivity contribution in [1.29, 1.82) is 0 Å². The van der Waals surface area contributed by atoms with Gasteiger partial charge in [0.25, 0.3) is 0 Å². The largest absolute Gasteiger partial charge is 0.474 e. The summed E-state index contributed by atoms with van der Waals surface area (Å²) in [4.78, 5) is 13.4. The van der Waals surface area contributed by atoms with E-state index in [4.69, 9.17) is 4.74 Å². The number of hydrogen-bond donors (Lipinski definition) is 2. The fourth-order valence-corrected chi connectivity index (χ4v) is 4.10. The van der Waals surface area contributed by atoms with Crippen LogP contribution in [0.25, 0.3) is 10.9 Å². The monoisotopic (exact) mass is 407 g/mol. The Balaban J connectivity index is 1.68. The average Bonchev–Trinajstić information content (AvgIpc) is 2.67. The summed E-state index contributed by atoms with van der Waals surface area (Å²) in [5.41, 5.74) is 1.66. The lowest BCUT2D eigenvalue weighted by Crippen LogP contribution is -2.37. The molecule has 2 N–H and O–H groups in total. The van der Waals surface area contributed by atoms with Crippen LogP contribution in [0.2, 0.25) is 0 Å². The highest BCUT2D eigenvalue weighted by Gasteiger charge is 2.31. The third kappa shape index (κ3) is 4.48. The lowest BCUT2D eigenvalue weighted by atomic mass is 9.82. The highest BCUT2D eigenvalue weighted by molar-refractivity contribution is 5.85. The Morgan fingerprint density at radius 3 is 2.45 bits per heavy atom. The van der Waals surface area contributed by atoms with Gasteiger partial charge in [0.05, 0.1) is 23.1 Å². The van der Waals surface area contributed by atoms with E-state index in [0.717, 1.165) is 31.2 Å². The molecule has 158 valence electrons. The first-order valence-electron chi connectivity index (χ1n) is 10.4. The van der Waals surface area contributed by atoms with Crippen molar-refractivity contribution in [2.45, 2.75) is 82.5 Å². The van der Waals surface area contributed by atoms with Crippen LogP contribution in [0.1, 0.15) is 62.8 Å². The molecule has 6 nitrogen and oxygen atoms in total. The summed E-state index contributed by atoms with van der Waals surface area (Å²) in [6.45, 7) is 1.49. The second-order valence-electron chi connectivity index (χ2n) is 8.45. The molecular weight excluding hydrogens is 380 g/mol. The van der Waals surface area contributed by atoms with E-state index in [1.807, 2.05) is 0 Å². The van der Waals surface area contributed by atoms with Crippen LogP contribution in [0.4, 0.5) is 8.78 Å². The predicted octanol–water partition coefficient (Wildman–Crippen LogP) is 3.39. The van der Waals surface area contributed by atoms with Gasteiger partial charge in [-0.3, -0.25) is 0 Å². The van der Waals surface area contributed by atoms with Gasteiger partial charge in [-0.15, -0.1) is 0 Å². The number of aliphatic hydroxyl groups excluding tert-OH is 2. The molecule has 0 amide bonds. The number of fused-ring (bicyclic) bond motifs is 1.